The standard InChI is InChI=1S/C19H19F2N5OS/c1-12-11-26-17(18(23-12)25-4-6-28-7-5-25)9-16(24-26)19(27)22-10-13-2-3-14(20)8-15(13)21/h2-3,8-9,11H,4-7,10H2,1H3,(H,22,27). The summed E-state index contributed by atoms with van der Waals surface area (Å²) in [4.78, 5) is 19.4. The highest BCUT2D eigenvalue weighted by molar-refractivity contribution is 7.99. The minimum absolute atomic E-state index is 0.0493. The molecule has 28 heavy (non-hydrogen) atoms. The topological polar surface area (TPSA) is 62.5 Å². The maximum Gasteiger partial charge on any atom is 0.272 e. The molecule has 9 heteroatoms. The summed E-state index contributed by atoms with van der Waals surface area (Å²) in [6.07, 6.45) is 1.77. The Bertz CT molecular complexity index is 1030. The molecule has 1 amide bonds. The van der Waals surface area contributed by atoms with Crippen molar-refractivity contribution < 1.29 is 13.6 Å². The predicted molar refractivity (Wildman–Crippen MR) is 105 cm³/mol. The van der Waals surface area contributed by atoms with Crippen LogP contribution < -0.4 is 10.2 Å². The lowest BCUT2D eigenvalue weighted by molar-refractivity contribution is 0.0945. The Kier molecular flexibility index (Phi) is 5.17. The number of aryl methyl sites for hydroxylation is 1. The van der Waals surface area contributed by atoms with E-state index in [9.17, 15) is 13.6 Å². The van der Waals surface area contributed by atoms with Gasteiger partial charge in [0, 0.05) is 48.8 Å². The van der Waals surface area contributed by atoms with Crippen molar-refractivity contribution >= 4 is 29.0 Å². The first-order chi connectivity index (χ1) is 13.5. The summed E-state index contributed by atoms with van der Waals surface area (Å²) in [5.74, 6) is 1.11. The number of anilines is 1. The number of aromatic nitrogens is 3. The van der Waals surface area contributed by atoms with Crippen molar-refractivity contribution in [3.05, 3.63) is 59.0 Å². The number of benzene rings is 1. The van der Waals surface area contributed by atoms with Gasteiger partial charge in [0.25, 0.3) is 5.91 Å². The zero-order chi connectivity index (χ0) is 19.7. The van der Waals surface area contributed by atoms with E-state index in [-0.39, 0.29) is 17.8 Å². The molecule has 2 aromatic heterocycles. The molecule has 1 aromatic carbocycles. The van der Waals surface area contributed by atoms with Crippen molar-refractivity contribution in [2.75, 3.05) is 29.5 Å². The van der Waals surface area contributed by atoms with Crippen molar-refractivity contribution in [2.45, 2.75) is 13.5 Å². The summed E-state index contributed by atoms with van der Waals surface area (Å²) in [7, 11) is 0. The molecular weight excluding hydrogens is 384 g/mol. The van der Waals surface area contributed by atoms with Crippen LogP contribution in [-0.2, 0) is 6.54 Å². The molecule has 0 unspecified atom stereocenters. The molecule has 1 N–H and O–H groups in total. The summed E-state index contributed by atoms with van der Waals surface area (Å²) >= 11 is 1.91. The van der Waals surface area contributed by atoms with Gasteiger partial charge in [0.15, 0.2) is 11.5 Å². The molecule has 0 saturated carbocycles. The molecule has 146 valence electrons. The van der Waals surface area contributed by atoms with Crippen molar-refractivity contribution in [3.8, 4) is 0 Å². The van der Waals surface area contributed by atoms with Gasteiger partial charge in [-0.15, -0.1) is 0 Å². The summed E-state index contributed by atoms with van der Waals surface area (Å²) in [6.45, 7) is 3.63. The van der Waals surface area contributed by atoms with Crippen molar-refractivity contribution in [3.63, 3.8) is 0 Å². The number of nitrogens with zero attached hydrogens (tertiary/aromatic N) is 4. The van der Waals surface area contributed by atoms with Crippen molar-refractivity contribution in [1.82, 2.24) is 19.9 Å². The van der Waals surface area contributed by atoms with Crippen LogP contribution in [0.4, 0.5) is 14.6 Å². The molecule has 1 saturated heterocycles. The van der Waals surface area contributed by atoms with Gasteiger partial charge in [-0.2, -0.15) is 16.9 Å². The molecule has 1 fully saturated rings. The van der Waals surface area contributed by atoms with Gasteiger partial charge in [-0.1, -0.05) is 6.07 Å². The molecule has 0 bridgehead atoms. The zero-order valence-corrected chi connectivity index (χ0v) is 16.1. The molecule has 4 rings (SSSR count). The summed E-state index contributed by atoms with van der Waals surface area (Å²) in [5, 5.41) is 6.99. The quantitative estimate of drug-likeness (QED) is 0.726. The predicted octanol–water partition coefficient (Wildman–Crippen LogP) is 2.80. The smallest absolute Gasteiger partial charge is 0.272 e. The highest BCUT2D eigenvalue weighted by Gasteiger charge is 2.20. The Morgan fingerprint density at radius 3 is 2.79 bits per heavy atom. The molecule has 1 aliphatic heterocycles. The number of hydrogen-bond donors (Lipinski definition) is 1. The van der Waals surface area contributed by atoms with Crippen LogP contribution in [0.1, 0.15) is 21.7 Å². The monoisotopic (exact) mass is 403 g/mol. The van der Waals surface area contributed by atoms with Gasteiger partial charge in [0.1, 0.15) is 17.2 Å². The van der Waals surface area contributed by atoms with E-state index < -0.39 is 17.5 Å². The van der Waals surface area contributed by atoms with E-state index in [1.807, 2.05) is 18.7 Å². The van der Waals surface area contributed by atoms with Crippen LogP contribution in [0.25, 0.3) is 5.52 Å². The minimum Gasteiger partial charge on any atom is -0.353 e. The van der Waals surface area contributed by atoms with Crippen LogP contribution in [0.15, 0.2) is 30.5 Å². The molecule has 3 heterocycles. The Labute approximate surface area is 164 Å². The maximum atomic E-state index is 13.7. The van der Waals surface area contributed by atoms with E-state index in [1.165, 1.54) is 6.07 Å². The molecule has 6 nitrogen and oxygen atoms in total. The Morgan fingerprint density at radius 2 is 2.04 bits per heavy atom. The van der Waals surface area contributed by atoms with E-state index in [4.69, 9.17) is 0 Å². The molecule has 0 radical (unpaired) electrons. The number of carbonyl (C=O) groups is 1. The van der Waals surface area contributed by atoms with E-state index in [2.05, 4.69) is 20.3 Å². The second kappa shape index (κ2) is 7.75. The van der Waals surface area contributed by atoms with Crippen molar-refractivity contribution in [2.24, 2.45) is 0 Å². The van der Waals surface area contributed by atoms with Crippen molar-refractivity contribution in [1.29, 1.82) is 0 Å². The zero-order valence-electron chi connectivity index (χ0n) is 15.3. The van der Waals surface area contributed by atoms with Gasteiger partial charge in [-0.3, -0.25) is 4.79 Å². The first-order valence-electron chi connectivity index (χ1n) is 8.93. The number of rotatable bonds is 4. The van der Waals surface area contributed by atoms with Gasteiger partial charge in [-0.25, -0.2) is 18.3 Å². The van der Waals surface area contributed by atoms with E-state index in [0.29, 0.717) is 0 Å². The highest BCUT2D eigenvalue weighted by Crippen LogP contribution is 2.24. The van der Waals surface area contributed by atoms with Crippen LogP contribution in [0.3, 0.4) is 0 Å². The summed E-state index contributed by atoms with van der Waals surface area (Å²) in [5.41, 5.74) is 2.00. The molecule has 0 atom stereocenters. The second-order valence-electron chi connectivity index (χ2n) is 6.58. The van der Waals surface area contributed by atoms with Gasteiger partial charge in [0.05, 0.1) is 11.9 Å². The number of carbonyl (C=O) groups excluding carboxylic acids is 1. The van der Waals surface area contributed by atoms with Gasteiger partial charge >= 0.3 is 0 Å². The third kappa shape index (κ3) is 3.80. The SMILES string of the molecule is Cc1cn2nc(C(=O)NCc3ccc(F)cc3F)cc2c(N2CCSCC2)n1. The lowest BCUT2D eigenvalue weighted by atomic mass is 10.2. The van der Waals surface area contributed by atoms with Gasteiger partial charge < -0.3 is 10.2 Å². The lowest BCUT2D eigenvalue weighted by Crippen LogP contribution is -2.33. The van der Waals surface area contributed by atoms with Crippen LogP contribution in [0.5, 0.6) is 0 Å². The van der Waals surface area contributed by atoms with Crippen LogP contribution in [0, 0.1) is 18.6 Å². The van der Waals surface area contributed by atoms with E-state index >= 15 is 0 Å². The Morgan fingerprint density at radius 1 is 1.25 bits per heavy atom. The van der Waals surface area contributed by atoms with E-state index in [0.717, 1.165) is 53.8 Å². The normalized spacial score (nSPS) is 14.5. The summed E-state index contributed by atoms with van der Waals surface area (Å²) < 4.78 is 28.4. The fraction of sp³-hybridized carbons (Fsp3) is 0.316. The number of halogens is 2. The summed E-state index contributed by atoms with van der Waals surface area (Å²) in [6, 6.07) is 4.96. The second-order valence-corrected chi connectivity index (χ2v) is 7.81. The number of hydrogen-bond acceptors (Lipinski definition) is 5. The number of fused-ring (bicyclic) bond motifs is 1. The van der Waals surface area contributed by atoms with Crippen LogP contribution >= 0.6 is 11.8 Å². The average molecular weight is 403 g/mol. The van der Waals surface area contributed by atoms with Gasteiger partial charge in [0.2, 0.25) is 0 Å². The molecular formula is C19H19F2N5OS. The van der Waals surface area contributed by atoms with Gasteiger partial charge in [-0.05, 0) is 13.0 Å². The fourth-order valence-corrected chi connectivity index (χ4v) is 4.04. The highest BCUT2D eigenvalue weighted by atomic mass is 32.2. The largest absolute Gasteiger partial charge is 0.353 e. The molecule has 0 spiro atoms. The van der Waals surface area contributed by atoms with Crippen LogP contribution in [-0.4, -0.2) is 45.1 Å². The third-order valence-electron chi connectivity index (χ3n) is 4.55. The minimum atomic E-state index is -0.694. The first kappa shape index (κ1) is 18.7. The maximum absolute atomic E-state index is 13.7. The fourth-order valence-electron chi connectivity index (χ4n) is 3.14. The van der Waals surface area contributed by atoms with Crippen LogP contribution in [0.2, 0.25) is 0 Å². The molecule has 1 aliphatic rings. The number of amides is 1. The average Bonchev–Trinajstić information content (AvgIpc) is 3.11. The lowest BCUT2D eigenvalue weighted by Gasteiger charge is -2.28. The van der Waals surface area contributed by atoms with E-state index in [1.54, 1.807) is 16.8 Å². The number of thioether (sulfide) groups is 1. The first-order valence-corrected chi connectivity index (χ1v) is 10.1. The number of nitrogens with one attached hydrogen (secondary N) is 1. The Balaban J connectivity index is 1.57. The Hall–Kier alpha value is -2.68. The molecule has 0 aliphatic carbocycles. The third-order valence-corrected chi connectivity index (χ3v) is 5.50. The molecule has 3 aromatic rings.